The number of hydrogen-bond donors (Lipinski definition) is 1. The lowest BCUT2D eigenvalue weighted by Crippen LogP contribution is -2.75. The van der Waals surface area contributed by atoms with Gasteiger partial charge in [0, 0.05) is 18.2 Å². The number of rotatable bonds is 2. The summed E-state index contributed by atoms with van der Waals surface area (Å²) in [5.41, 5.74) is 4.56. The van der Waals surface area contributed by atoms with Gasteiger partial charge < -0.3 is 4.74 Å². The Labute approximate surface area is 148 Å². The number of carbonyl (C=O) groups is 1. The Bertz CT molecular complexity index is 812. The lowest BCUT2D eigenvalue weighted by atomic mass is 9.59. The van der Waals surface area contributed by atoms with Crippen molar-refractivity contribution < 1.29 is 14.5 Å². The summed E-state index contributed by atoms with van der Waals surface area (Å²) < 4.78 is 5.42. The Kier molecular flexibility index (Phi) is 3.23. The van der Waals surface area contributed by atoms with E-state index in [-0.39, 0.29) is 12.0 Å². The number of hydrogen-bond acceptors (Lipinski definition) is 3. The van der Waals surface area contributed by atoms with Crippen LogP contribution in [0, 0.1) is 11.3 Å². The van der Waals surface area contributed by atoms with Crippen LogP contribution in [0.25, 0.3) is 0 Å². The van der Waals surface area contributed by atoms with Gasteiger partial charge in [0.1, 0.15) is 0 Å². The first kappa shape index (κ1) is 15.3. The van der Waals surface area contributed by atoms with Gasteiger partial charge in [0.2, 0.25) is 5.69 Å². The Morgan fingerprint density at radius 1 is 1.40 bits per heavy atom. The maximum Gasteiger partial charge on any atom is 0.324 e. The van der Waals surface area contributed by atoms with Crippen molar-refractivity contribution in [3.8, 4) is 0 Å². The first-order chi connectivity index (χ1) is 12.2. The lowest BCUT2D eigenvalue weighted by Gasteiger charge is -2.52. The number of carbonyl (C=O) groups excluding carboxylic acids is 1. The molecule has 5 aliphatic rings. The molecule has 0 aromatic heterocycles. The van der Waals surface area contributed by atoms with E-state index in [9.17, 15) is 4.79 Å². The molecule has 0 saturated carbocycles. The van der Waals surface area contributed by atoms with Gasteiger partial charge in [-0.3, -0.25) is 9.69 Å². The van der Waals surface area contributed by atoms with Gasteiger partial charge in [-0.2, -0.15) is 0 Å². The highest BCUT2D eigenvalue weighted by Crippen LogP contribution is 2.54. The molecule has 4 heteroatoms. The highest BCUT2D eigenvalue weighted by atomic mass is 16.5. The van der Waals surface area contributed by atoms with Gasteiger partial charge >= 0.3 is 5.97 Å². The van der Waals surface area contributed by atoms with Crippen molar-refractivity contribution in [2.45, 2.75) is 38.1 Å². The van der Waals surface area contributed by atoms with Crippen LogP contribution in [0.15, 0.2) is 35.9 Å². The standard InChI is InChI=1S/C21H24N2O2/c1-3-14-10-13-11-21(20(24)25-2)18-16(8-9-23(12-13)19(14)21)15-6-4-5-7-17(15)22-18/h4-7,10,13,16,19H,3,8-9,11-12H2,1-2H3/p+1. The minimum absolute atomic E-state index is 0.0616. The third-order valence-electron chi connectivity index (χ3n) is 6.78. The maximum atomic E-state index is 13.3. The topological polar surface area (TPSA) is 43.5 Å². The molecular weight excluding hydrogens is 312 g/mol. The van der Waals surface area contributed by atoms with Crippen LogP contribution in [-0.2, 0) is 9.53 Å². The minimum atomic E-state index is -0.558. The molecule has 4 bridgehead atoms. The predicted octanol–water partition coefficient (Wildman–Crippen LogP) is 1.54. The average molecular weight is 337 g/mol. The number of methoxy groups -OCH3 is 1. The summed E-state index contributed by atoms with van der Waals surface area (Å²) >= 11 is 0. The van der Waals surface area contributed by atoms with E-state index in [2.05, 4.69) is 47.2 Å². The molecule has 1 aromatic carbocycles. The summed E-state index contributed by atoms with van der Waals surface area (Å²) in [5, 5.41) is 0. The molecule has 4 nitrogen and oxygen atoms in total. The molecule has 0 amide bonds. The van der Waals surface area contributed by atoms with E-state index in [1.807, 2.05) is 0 Å². The lowest BCUT2D eigenvalue weighted by molar-refractivity contribution is -0.357. The fourth-order valence-electron chi connectivity index (χ4n) is 5.96. The predicted molar refractivity (Wildman–Crippen MR) is 95.7 cm³/mol. The van der Waals surface area contributed by atoms with Crippen molar-refractivity contribution >= 4 is 17.4 Å². The SMILES string of the molecule is CCC1=CC2CN3CCC4C(=[NH+]c5ccccc54)C(C(=O)OC)(C2)C13. The smallest absolute Gasteiger partial charge is 0.324 e. The van der Waals surface area contributed by atoms with Crippen LogP contribution in [0.4, 0.5) is 5.69 Å². The quantitative estimate of drug-likeness (QED) is 0.658. The minimum Gasteiger partial charge on any atom is -0.468 e. The molecule has 130 valence electrons. The van der Waals surface area contributed by atoms with Crippen LogP contribution >= 0.6 is 0 Å². The van der Waals surface area contributed by atoms with E-state index < -0.39 is 5.41 Å². The van der Waals surface area contributed by atoms with Crippen LogP contribution < -0.4 is 4.99 Å². The van der Waals surface area contributed by atoms with Crippen molar-refractivity contribution in [1.29, 1.82) is 0 Å². The molecule has 25 heavy (non-hydrogen) atoms. The number of benzene rings is 1. The molecule has 5 atom stereocenters. The zero-order valence-electron chi connectivity index (χ0n) is 14.9. The average Bonchev–Trinajstić information content (AvgIpc) is 3.00. The molecule has 4 aliphatic heterocycles. The number of nitrogens with one attached hydrogen (secondary N) is 1. The number of ether oxygens (including phenoxy) is 1. The van der Waals surface area contributed by atoms with E-state index in [1.165, 1.54) is 22.5 Å². The first-order valence-electron chi connectivity index (χ1n) is 9.45. The fourth-order valence-corrected chi connectivity index (χ4v) is 5.96. The summed E-state index contributed by atoms with van der Waals surface area (Å²) in [5.74, 6) is 0.682. The van der Waals surface area contributed by atoms with Crippen LogP contribution in [0.3, 0.4) is 0 Å². The number of fused-ring (bicyclic) bond motifs is 3. The normalized spacial score (nSPS) is 37.5. The molecule has 1 aromatic rings. The molecule has 2 saturated heterocycles. The second-order valence-corrected chi connectivity index (χ2v) is 7.89. The van der Waals surface area contributed by atoms with Crippen LogP contribution in [0.1, 0.15) is 37.7 Å². The largest absolute Gasteiger partial charge is 0.468 e. The Hall–Kier alpha value is -1.94. The number of esters is 1. The van der Waals surface area contributed by atoms with Gasteiger partial charge in [0.25, 0.3) is 0 Å². The zero-order chi connectivity index (χ0) is 17.2. The summed E-state index contributed by atoms with van der Waals surface area (Å²) in [6.07, 6.45) is 5.38. The van der Waals surface area contributed by atoms with Crippen molar-refractivity contribution in [3.63, 3.8) is 0 Å². The molecular formula is C21H25N2O2+. The van der Waals surface area contributed by atoms with E-state index in [0.717, 1.165) is 32.4 Å². The summed E-state index contributed by atoms with van der Waals surface area (Å²) in [6, 6.07) is 8.67. The molecule has 1 aliphatic carbocycles. The van der Waals surface area contributed by atoms with Gasteiger partial charge in [-0.15, -0.1) is 0 Å². The first-order valence-corrected chi connectivity index (χ1v) is 9.45. The fraction of sp³-hybridized carbons (Fsp3) is 0.524. The zero-order valence-corrected chi connectivity index (χ0v) is 14.9. The van der Waals surface area contributed by atoms with E-state index >= 15 is 0 Å². The van der Waals surface area contributed by atoms with Crippen LogP contribution in [0.2, 0.25) is 0 Å². The number of nitrogens with zero attached hydrogens (tertiary/aromatic N) is 1. The maximum absolute atomic E-state index is 13.3. The monoisotopic (exact) mass is 337 g/mol. The molecule has 1 N–H and O–H groups in total. The van der Waals surface area contributed by atoms with Crippen molar-refractivity contribution in [2.24, 2.45) is 11.3 Å². The molecule has 5 unspecified atom stereocenters. The van der Waals surface area contributed by atoms with E-state index in [1.54, 1.807) is 7.11 Å². The van der Waals surface area contributed by atoms with Gasteiger partial charge in [0.05, 0.1) is 19.1 Å². The molecule has 6 rings (SSSR count). The van der Waals surface area contributed by atoms with Crippen LogP contribution in [-0.4, -0.2) is 42.8 Å². The van der Waals surface area contributed by atoms with Gasteiger partial charge in [-0.05, 0) is 31.7 Å². The molecule has 0 spiro atoms. The Morgan fingerprint density at radius 2 is 2.24 bits per heavy atom. The van der Waals surface area contributed by atoms with E-state index in [0.29, 0.717) is 11.8 Å². The molecule has 0 radical (unpaired) electrons. The third kappa shape index (κ3) is 1.86. The third-order valence-corrected chi connectivity index (χ3v) is 6.78. The second-order valence-electron chi connectivity index (χ2n) is 7.89. The summed E-state index contributed by atoms with van der Waals surface area (Å²) in [7, 11) is 1.54. The highest BCUT2D eigenvalue weighted by Gasteiger charge is 2.66. The van der Waals surface area contributed by atoms with Crippen LogP contribution in [0.5, 0.6) is 0 Å². The Balaban J connectivity index is 1.74. The van der Waals surface area contributed by atoms with E-state index in [4.69, 9.17) is 4.74 Å². The van der Waals surface area contributed by atoms with Crippen molar-refractivity contribution in [2.75, 3.05) is 20.2 Å². The molecule has 4 heterocycles. The van der Waals surface area contributed by atoms with Gasteiger partial charge in [0.15, 0.2) is 11.1 Å². The highest BCUT2D eigenvalue weighted by molar-refractivity contribution is 6.10. The number of piperidine rings is 1. The molecule has 2 fully saturated rings. The van der Waals surface area contributed by atoms with Gasteiger partial charge in [-0.25, -0.2) is 4.99 Å². The Morgan fingerprint density at radius 3 is 3.04 bits per heavy atom. The number of para-hydroxylation sites is 1. The van der Waals surface area contributed by atoms with Crippen molar-refractivity contribution in [1.82, 2.24) is 4.90 Å². The summed E-state index contributed by atoms with van der Waals surface area (Å²) in [4.78, 5) is 19.5. The summed E-state index contributed by atoms with van der Waals surface area (Å²) in [6.45, 7) is 4.33. The van der Waals surface area contributed by atoms with Crippen molar-refractivity contribution in [3.05, 3.63) is 41.5 Å². The van der Waals surface area contributed by atoms with Gasteiger partial charge in [-0.1, -0.05) is 36.8 Å². The second kappa shape index (κ2) is 5.28.